The second-order valence-corrected chi connectivity index (χ2v) is 8.07. The van der Waals surface area contributed by atoms with Gasteiger partial charge in [-0.1, -0.05) is 6.07 Å². The van der Waals surface area contributed by atoms with Crippen LogP contribution in [0.3, 0.4) is 0 Å². The summed E-state index contributed by atoms with van der Waals surface area (Å²) in [4.78, 5) is 26.6. The fraction of sp³-hybridized carbons (Fsp3) is 0.263. The third-order valence-electron chi connectivity index (χ3n) is 4.60. The van der Waals surface area contributed by atoms with Crippen molar-refractivity contribution in [1.82, 2.24) is 0 Å². The van der Waals surface area contributed by atoms with Crippen LogP contribution in [0.5, 0.6) is 11.5 Å². The van der Waals surface area contributed by atoms with Crippen LogP contribution in [-0.4, -0.2) is 41.0 Å². The number of ether oxygens (including phenoxy) is 2. The Balaban J connectivity index is 1.78. The molecule has 9 nitrogen and oxygen atoms in total. The van der Waals surface area contributed by atoms with Crippen molar-refractivity contribution in [2.45, 2.75) is 11.3 Å². The summed E-state index contributed by atoms with van der Waals surface area (Å²) in [5.41, 5.74) is 0.801. The Morgan fingerprint density at radius 2 is 1.93 bits per heavy atom. The molecule has 0 aliphatic carbocycles. The van der Waals surface area contributed by atoms with Crippen molar-refractivity contribution >= 4 is 33.2 Å². The molecule has 1 saturated heterocycles. The lowest BCUT2D eigenvalue weighted by molar-refractivity contribution is -0.122. The van der Waals surface area contributed by atoms with Crippen LogP contribution >= 0.6 is 0 Å². The van der Waals surface area contributed by atoms with E-state index in [1.165, 1.54) is 37.3 Å². The molecule has 0 spiro atoms. The molecular formula is C19H21N3O6S. The summed E-state index contributed by atoms with van der Waals surface area (Å²) in [6.07, 6.45) is 0.0150. The van der Waals surface area contributed by atoms with Gasteiger partial charge in [-0.3, -0.25) is 9.59 Å². The molecule has 29 heavy (non-hydrogen) atoms. The molecule has 10 heteroatoms. The van der Waals surface area contributed by atoms with Gasteiger partial charge in [0, 0.05) is 24.7 Å². The predicted octanol–water partition coefficient (Wildman–Crippen LogP) is 1.34. The molecule has 2 amide bonds. The fourth-order valence-electron chi connectivity index (χ4n) is 3.12. The van der Waals surface area contributed by atoms with E-state index < -0.39 is 21.8 Å². The number of carbonyl (C=O) groups excluding carboxylic acids is 2. The second kappa shape index (κ2) is 8.10. The highest BCUT2D eigenvalue weighted by atomic mass is 32.2. The molecule has 0 unspecified atom stereocenters. The average molecular weight is 419 g/mol. The maximum atomic E-state index is 12.6. The molecule has 154 valence electrons. The number of hydrogen-bond acceptors (Lipinski definition) is 6. The highest BCUT2D eigenvalue weighted by Crippen LogP contribution is 2.36. The molecule has 0 saturated carbocycles. The molecule has 2 aromatic carbocycles. The number of primary sulfonamides is 1. The van der Waals surface area contributed by atoms with E-state index in [9.17, 15) is 18.0 Å². The quantitative estimate of drug-likeness (QED) is 0.727. The van der Waals surface area contributed by atoms with Crippen LogP contribution in [-0.2, 0) is 19.6 Å². The minimum atomic E-state index is -3.89. The number of benzene rings is 2. The summed E-state index contributed by atoms with van der Waals surface area (Å²) in [6.45, 7) is 0.156. The standard InChI is InChI=1S/C19H21N3O6S/c1-27-14-6-7-17(28-2)16(10-14)22-11-12(8-18(22)23)19(24)21-13-4-3-5-15(9-13)29(20,25)26/h3-7,9-10,12H,8,11H2,1-2H3,(H,21,24)(H2,20,25,26)/t12-/m1/s1. The Labute approximate surface area is 168 Å². The van der Waals surface area contributed by atoms with Crippen molar-refractivity contribution in [2.24, 2.45) is 11.1 Å². The minimum Gasteiger partial charge on any atom is -0.497 e. The molecule has 1 aliphatic heterocycles. The lowest BCUT2D eigenvalue weighted by Crippen LogP contribution is -2.28. The molecule has 1 atom stereocenters. The predicted molar refractivity (Wildman–Crippen MR) is 106 cm³/mol. The summed E-state index contributed by atoms with van der Waals surface area (Å²) in [6, 6.07) is 10.7. The van der Waals surface area contributed by atoms with Crippen molar-refractivity contribution in [2.75, 3.05) is 31.0 Å². The van der Waals surface area contributed by atoms with Crippen LogP contribution in [0.15, 0.2) is 47.4 Å². The molecule has 3 rings (SSSR count). The number of rotatable bonds is 6. The minimum absolute atomic E-state index is 0.0150. The summed E-state index contributed by atoms with van der Waals surface area (Å²) in [5, 5.41) is 7.76. The number of methoxy groups -OCH3 is 2. The van der Waals surface area contributed by atoms with Crippen molar-refractivity contribution in [3.8, 4) is 11.5 Å². The van der Waals surface area contributed by atoms with Crippen molar-refractivity contribution in [3.63, 3.8) is 0 Å². The Morgan fingerprint density at radius 3 is 2.59 bits per heavy atom. The van der Waals surface area contributed by atoms with E-state index in [2.05, 4.69) is 5.32 Å². The summed E-state index contributed by atoms with van der Waals surface area (Å²) in [7, 11) is -0.876. The Hall–Kier alpha value is -3.11. The summed E-state index contributed by atoms with van der Waals surface area (Å²) in [5.74, 6) is -0.191. The lowest BCUT2D eigenvalue weighted by Gasteiger charge is -2.20. The van der Waals surface area contributed by atoms with Crippen LogP contribution in [0.1, 0.15) is 6.42 Å². The van der Waals surface area contributed by atoms with Crippen LogP contribution in [0, 0.1) is 5.92 Å². The first-order valence-electron chi connectivity index (χ1n) is 8.69. The molecule has 1 fully saturated rings. The topological polar surface area (TPSA) is 128 Å². The first-order chi connectivity index (χ1) is 13.7. The van der Waals surface area contributed by atoms with Gasteiger partial charge in [-0.2, -0.15) is 0 Å². The summed E-state index contributed by atoms with van der Waals surface area (Å²) >= 11 is 0. The number of anilines is 2. The van der Waals surface area contributed by atoms with Crippen LogP contribution in [0.25, 0.3) is 0 Å². The van der Waals surface area contributed by atoms with Gasteiger partial charge in [-0.05, 0) is 30.3 Å². The van der Waals surface area contributed by atoms with Crippen molar-refractivity contribution in [1.29, 1.82) is 0 Å². The highest BCUT2D eigenvalue weighted by Gasteiger charge is 2.36. The number of carbonyl (C=O) groups is 2. The fourth-order valence-corrected chi connectivity index (χ4v) is 3.68. The smallest absolute Gasteiger partial charge is 0.238 e. The molecular weight excluding hydrogens is 398 g/mol. The van der Waals surface area contributed by atoms with Gasteiger partial charge in [0.1, 0.15) is 11.5 Å². The molecule has 1 heterocycles. The number of sulfonamides is 1. The molecule has 1 aliphatic rings. The van der Waals surface area contributed by atoms with Crippen LogP contribution in [0.4, 0.5) is 11.4 Å². The van der Waals surface area contributed by atoms with E-state index in [4.69, 9.17) is 14.6 Å². The number of nitrogens with one attached hydrogen (secondary N) is 1. The molecule has 3 N–H and O–H groups in total. The van der Waals surface area contributed by atoms with Crippen LogP contribution in [0.2, 0.25) is 0 Å². The number of hydrogen-bond donors (Lipinski definition) is 2. The zero-order valence-corrected chi connectivity index (χ0v) is 16.7. The molecule has 0 aromatic heterocycles. The Morgan fingerprint density at radius 1 is 1.17 bits per heavy atom. The Bertz CT molecular complexity index is 1050. The SMILES string of the molecule is COc1ccc(OC)c(N2C[C@H](C(=O)Nc3cccc(S(N)(=O)=O)c3)CC2=O)c1. The van der Waals surface area contributed by atoms with Gasteiger partial charge in [-0.15, -0.1) is 0 Å². The van der Waals surface area contributed by atoms with Gasteiger partial charge >= 0.3 is 0 Å². The van der Waals surface area contributed by atoms with Gasteiger partial charge < -0.3 is 19.7 Å². The maximum Gasteiger partial charge on any atom is 0.238 e. The zero-order chi connectivity index (χ0) is 21.2. The van der Waals surface area contributed by atoms with E-state index in [0.717, 1.165) is 0 Å². The van der Waals surface area contributed by atoms with E-state index >= 15 is 0 Å². The normalized spacial score (nSPS) is 16.6. The zero-order valence-electron chi connectivity index (χ0n) is 15.9. The van der Waals surface area contributed by atoms with E-state index in [-0.39, 0.29) is 29.5 Å². The average Bonchev–Trinajstić information content (AvgIpc) is 3.08. The molecule has 2 aromatic rings. The third-order valence-corrected chi connectivity index (χ3v) is 5.51. The van der Waals surface area contributed by atoms with E-state index in [0.29, 0.717) is 17.2 Å². The summed E-state index contributed by atoms with van der Waals surface area (Å²) < 4.78 is 33.5. The number of amides is 2. The Kier molecular flexibility index (Phi) is 5.76. The lowest BCUT2D eigenvalue weighted by atomic mass is 10.1. The van der Waals surface area contributed by atoms with Crippen molar-refractivity contribution in [3.05, 3.63) is 42.5 Å². The van der Waals surface area contributed by atoms with Gasteiger partial charge in [0.05, 0.1) is 30.7 Å². The first-order valence-corrected chi connectivity index (χ1v) is 10.2. The second-order valence-electron chi connectivity index (χ2n) is 6.51. The first kappa shape index (κ1) is 20.6. The number of nitrogens with two attached hydrogens (primary N) is 1. The monoisotopic (exact) mass is 419 g/mol. The molecule has 0 bridgehead atoms. The van der Waals surface area contributed by atoms with Gasteiger partial charge in [-0.25, -0.2) is 13.6 Å². The van der Waals surface area contributed by atoms with Crippen molar-refractivity contribution < 1.29 is 27.5 Å². The van der Waals surface area contributed by atoms with Gasteiger partial charge in [0.25, 0.3) is 0 Å². The number of nitrogens with zero attached hydrogens (tertiary/aromatic N) is 1. The van der Waals surface area contributed by atoms with Gasteiger partial charge in [0.15, 0.2) is 0 Å². The van der Waals surface area contributed by atoms with E-state index in [1.807, 2.05) is 0 Å². The molecule has 0 radical (unpaired) electrons. The van der Waals surface area contributed by atoms with Crippen LogP contribution < -0.4 is 24.8 Å². The van der Waals surface area contributed by atoms with Gasteiger partial charge in [0.2, 0.25) is 21.8 Å². The van der Waals surface area contributed by atoms with E-state index in [1.54, 1.807) is 24.3 Å². The largest absolute Gasteiger partial charge is 0.497 e. The highest BCUT2D eigenvalue weighted by molar-refractivity contribution is 7.89. The third kappa shape index (κ3) is 4.49. The maximum absolute atomic E-state index is 12.6.